The lowest BCUT2D eigenvalue weighted by Crippen LogP contribution is -2.55. The average Bonchev–Trinajstić information content (AvgIpc) is 2.32. The zero-order chi connectivity index (χ0) is 13.2. The molecule has 1 unspecified atom stereocenters. The van der Waals surface area contributed by atoms with Crippen molar-refractivity contribution in [1.29, 1.82) is 0 Å². The predicted octanol–water partition coefficient (Wildman–Crippen LogP) is 2.99. The molecule has 100 valence electrons. The fraction of sp³-hybridized carbons (Fsp3) is 0.600. The lowest BCUT2D eigenvalue weighted by atomic mass is 9.80. The number of hydrogen-bond acceptors (Lipinski definition) is 3. The van der Waals surface area contributed by atoms with E-state index in [1.807, 2.05) is 6.07 Å². The second-order valence-electron chi connectivity index (χ2n) is 5.27. The van der Waals surface area contributed by atoms with Crippen molar-refractivity contribution in [3.63, 3.8) is 0 Å². The fourth-order valence-corrected chi connectivity index (χ4v) is 2.99. The van der Waals surface area contributed by atoms with E-state index in [1.54, 1.807) is 12.1 Å². The number of aromatic hydroxyl groups is 1. The lowest BCUT2D eigenvalue weighted by molar-refractivity contribution is 0.00944. The number of fused-ring (bicyclic) bond motifs is 1. The van der Waals surface area contributed by atoms with Crippen LogP contribution in [-0.2, 0) is 6.42 Å². The Morgan fingerprint density at radius 2 is 2.00 bits per heavy atom. The standard InChI is InChI=1S/C15H23NO2/c1-3-7-15(8-4-2)14(16)10-11-9-12(17)5-6-13(11)18-15/h5-6,9,14,17H,3-4,7-8,10,16H2,1-2H3. The van der Waals surface area contributed by atoms with Crippen molar-refractivity contribution < 1.29 is 9.84 Å². The number of phenols is 1. The summed E-state index contributed by atoms with van der Waals surface area (Å²) in [6.07, 6.45) is 4.90. The molecule has 1 aromatic carbocycles. The minimum absolute atomic E-state index is 0.00620. The lowest BCUT2D eigenvalue weighted by Gasteiger charge is -2.43. The van der Waals surface area contributed by atoms with Crippen LogP contribution in [0.4, 0.5) is 0 Å². The molecule has 1 atom stereocenters. The molecule has 18 heavy (non-hydrogen) atoms. The first-order valence-electron chi connectivity index (χ1n) is 6.88. The molecule has 1 aromatic rings. The van der Waals surface area contributed by atoms with Crippen LogP contribution in [-0.4, -0.2) is 16.7 Å². The van der Waals surface area contributed by atoms with Crippen LogP contribution in [0.3, 0.4) is 0 Å². The van der Waals surface area contributed by atoms with E-state index in [-0.39, 0.29) is 17.4 Å². The molecular weight excluding hydrogens is 226 g/mol. The molecule has 0 spiro atoms. The van der Waals surface area contributed by atoms with Crippen molar-refractivity contribution in [3.05, 3.63) is 23.8 Å². The highest BCUT2D eigenvalue weighted by Crippen LogP contribution is 2.39. The number of nitrogens with two attached hydrogens (primary N) is 1. The van der Waals surface area contributed by atoms with Gasteiger partial charge in [0.2, 0.25) is 0 Å². The van der Waals surface area contributed by atoms with Gasteiger partial charge in [0.1, 0.15) is 17.1 Å². The molecule has 0 aliphatic carbocycles. The van der Waals surface area contributed by atoms with E-state index in [2.05, 4.69) is 13.8 Å². The Kier molecular flexibility index (Phi) is 3.81. The van der Waals surface area contributed by atoms with Crippen molar-refractivity contribution in [1.82, 2.24) is 0 Å². The van der Waals surface area contributed by atoms with E-state index in [0.29, 0.717) is 0 Å². The summed E-state index contributed by atoms with van der Waals surface area (Å²) in [5, 5.41) is 9.51. The molecule has 0 bridgehead atoms. The Balaban J connectivity index is 2.32. The molecule has 0 fully saturated rings. The van der Waals surface area contributed by atoms with Gasteiger partial charge in [-0.15, -0.1) is 0 Å². The third-order valence-electron chi connectivity index (χ3n) is 3.82. The van der Waals surface area contributed by atoms with Crippen LogP contribution in [0.15, 0.2) is 18.2 Å². The number of phenolic OH excluding ortho intramolecular Hbond substituents is 1. The Bertz CT molecular complexity index is 411. The van der Waals surface area contributed by atoms with Crippen LogP contribution in [0.25, 0.3) is 0 Å². The molecule has 1 aliphatic rings. The second-order valence-corrected chi connectivity index (χ2v) is 5.27. The van der Waals surface area contributed by atoms with Gasteiger partial charge in [-0.05, 0) is 43.0 Å². The third kappa shape index (κ3) is 2.32. The summed E-state index contributed by atoms with van der Waals surface area (Å²) in [6, 6.07) is 5.30. The van der Waals surface area contributed by atoms with Gasteiger partial charge in [0, 0.05) is 6.04 Å². The predicted molar refractivity (Wildman–Crippen MR) is 73.0 cm³/mol. The SMILES string of the molecule is CCCC1(CCC)Oc2ccc(O)cc2CC1N. The summed E-state index contributed by atoms with van der Waals surface area (Å²) in [7, 11) is 0. The maximum atomic E-state index is 9.51. The summed E-state index contributed by atoms with van der Waals surface area (Å²) in [6.45, 7) is 4.33. The van der Waals surface area contributed by atoms with Crippen molar-refractivity contribution in [2.24, 2.45) is 5.73 Å². The molecule has 0 radical (unpaired) electrons. The van der Waals surface area contributed by atoms with E-state index in [4.69, 9.17) is 10.5 Å². The number of hydrogen-bond donors (Lipinski definition) is 2. The van der Waals surface area contributed by atoms with Crippen molar-refractivity contribution in [2.45, 2.75) is 57.6 Å². The molecule has 2 rings (SSSR count). The first kappa shape index (κ1) is 13.2. The number of rotatable bonds is 4. The number of ether oxygens (including phenoxy) is 1. The third-order valence-corrected chi connectivity index (χ3v) is 3.82. The average molecular weight is 249 g/mol. The zero-order valence-electron chi connectivity index (χ0n) is 11.3. The summed E-state index contributed by atoms with van der Waals surface area (Å²) in [4.78, 5) is 0. The first-order valence-corrected chi connectivity index (χ1v) is 6.88. The van der Waals surface area contributed by atoms with Crippen LogP contribution in [0, 0.1) is 0 Å². The van der Waals surface area contributed by atoms with Crippen LogP contribution < -0.4 is 10.5 Å². The Labute approximate surface area is 109 Å². The molecule has 0 saturated carbocycles. The van der Waals surface area contributed by atoms with Gasteiger partial charge in [0.25, 0.3) is 0 Å². The van der Waals surface area contributed by atoms with Gasteiger partial charge in [-0.1, -0.05) is 26.7 Å². The summed E-state index contributed by atoms with van der Waals surface area (Å²) in [5.74, 6) is 1.17. The van der Waals surface area contributed by atoms with E-state index in [9.17, 15) is 5.11 Å². The maximum absolute atomic E-state index is 9.51. The van der Waals surface area contributed by atoms with Gasteiger partial charge in [0.05, 0.1) is 0 Å². The zero-order valence-corrected chi connectivity index (χ0v) is 11.3. The minimum Gasteiger partial charge on any atom is -0.508 e. The van der Waals surface area contributed by atoms with E-state index in [0.717, 1.165) is 43.4 Å². The molecule has 3 nitrogen and oxygen atoms in total. The molecule has 3 N–H and O–H groups in total. The summed E-state index contributed by atoms with van der Waals surface area (Å²) < 4.78 is 6.23. The molecule has 1 aliphatic heterocycles. The van der Waals surface area contributed by atoms with Crippen molar-refractivity contribution in [2.75, 3.05) is 0 Å². The first-order chi connectivity index (χ1) is 8.61. The van der Waals surface area contributed by atoms with Gasteiger partial charge in [-0.25, -0.2) is 0 Å². The van der Waals surface area contributed by atoms with Crippen LogP contribution >= 0.6 is 0 Å². The minimum atomic E-state index is -0.229. The summed E-state index contributed by atoms with van der Waals surface area (Å²) in [5.41, 5.74) is 7.13. The van der Waals surface area contributed by atoms with Gasteiger partial charge < -0.3 is 15.6 Å². The highest BCUT2D eigenvalue weighted by atomic mass is 16.5. The highest BCUT2D eigenvalue weighted by Gasteiger charge is 2.41. The topological polar surface area (TPSA) is 55.5 Å². The van der Waals surface area contributed by atoms with Crippen LogP contribution in [0.5, 0.6) is 11.5 Å². The highest BCUT2D eigenvalue weighted by molar-refractivity contribution is 5.42. The largest absolute Gasteiger partial charge is 0.508 e. The fourth-order valence-electron chi connectivity index (χ4n) is 2.99. The molecule has 0 aromatic heterocycles. The van der Waals surface area contributed by atoms with Gasteiger partial charge >= 0.3 is 0 Å². The quantitative estimate of drug-likeness (QED) is 0.862. The van der Waals surface area contributed by atoms with Crippen molar-refractivity contribution >= 4 is 0 Å². The van der Waals surface area contributed by atoms with Gasteiger partial charge in [-0.3, -0.25) is 0 Å². The Hall–Kier alpha value is -1.22. The Morgan fingerprint density at radius 3 is 2.61 bits per heavy atom. The molecule has 0 saturated heterocycles. The smallest absolute Gasteiger partial charge is 0.124 e. The van der Waals surface area contributed by atoms with Crippen LogP contribution in [0.2, 0.25) is 0 Å². The van der Waals surface area contributed by atoms with Gasteiger partial charge in [-0.2, -0.15) is 0 Å². The van der Waals surface area contributed by atoms with Crippen molar-refractivity contribution in [3.8, 4) is 11.5 Å². The Morgan fingerprint density at radius 1 is 1.33 bits per heavy atom. The van der Waals surface area contributed by atoms with E-state index in [1.165, 1.54) is 0 Å². The van der Waals surface area contributed by atoms with Gasteiger partial charge in [0.15, 0.2) is 0 Å². The van der Waals surface area contributed by atoms with E-state index < -0.39 is 0 Å². The monoisotopic (exact) mass is 249 g/mol. The number of benzene rings is 1. The molecule has 0 amide bonds. The van der Waals surface area contributed by atoms with E-state index >= 15 is 0 Å². The van der Waals surface area contributed by atoms with Crippen LogP contribution in [0.1, 0.15) is 45.1 Å². The molecule has 3 heteroatoms. The maximum Gasteiger partial charge on any atom is 0.124 e. The molecule has 1 heterocycles. The molecular formula is C15H23NO2. The normalized spacial score (nSPS) is 21.2. The second kappa shape index (κ2) is 5.19. The summed E-state index contributed by atoms with van der Waals surface area (Å²) >= 11 is 0.